The average molecular weight is 294 g/mol. The molecule has 1 aliphatic rings. The van der Waals surface area contributed by atoms with Crippen molar-refractivity contribution in [3.05, 3.63) is 11.9 Å². The molecule has 1 fully saturated rings. The number of hydrogen-bond acceptors (Lipinski definition) is 5. The van der Waals surface area contributed by atoms with Crippen LogP contribution in [0.5, 0.6) is 5.75 Å². The van der Waals surface area contributed by atoms with E-state index in [0.717, 1.165) is 32.2 Å². The van der Waals surface area contributed by atoms with Gasteiger partial charge in [-0.15, -0.1) is 0 Å². The molecule has 0 aliphatic heterocycles. The van der Waals surface area contributed by atoms with Crippen molar-refractivity contribution in [3.63, 3.8) is 0 Å². The molecule has 0 aromatic carbocycles. The first-order valence-corrected chi connectivity index (χ1v) is 7.57. The van der Waals surface area contributed by atoms with Crippen LogP contribution in [-0.2, 0) is 6.54 Å². The number of hydrogen-bond donors (Lipinski definition) is 1. The van der Waals surface area contributed by atoms with E-state index in [0.29, 0.717) is 18.0 Å². The Bertz CT molecular complexity index is 476. The van der Waals surface area contributed by atoms with Gasteiger partial charge in [-0.2, -0.15) is 5.10 Å². The Morgan fingerprint density at radius 1 is 1.43 bits per heavy atom. The standard InChI is InChI=1S/C15H26N4O2/c1-18(2)8-9-19-14(13(21-3)10-17-19)15(20)11-4-6-12(16)7-5-11/h10-12H,4-9,16H2,1-3H3. The molecule has 0 amide bonds. The first kappa shape index (κ1) is 16.0. The minimum Gasteiger partial charge on any atom is -0.493 e. The van der Waals surface area contributed by atoms with Crippen LogP contribution in [0, 0.1) is 5.92 Å². The molecule has 0 bridgehead atoms. The van der Waals surface area contributed by atoms with Crippen molar-refractivity contribution in [2.24, 2.45) is 11.7 Å². The number of rotatable bonds is 6. The van der Waals surface area contributed by atoms with Gasteiger partial charge in [-0.05, 0) is 39.8 Å². The minimum atomic E-state index is 0.0495. The number of nitrogens with two attached hydrogens (primary N) is 1. The highest BCUT2D eigenvalue weighted by molar-refractivity contribution is 5.98. The Labute approximate surface area is 126 Å². The van der Waals surface area contributed by atoms with E-state index in [9.17, 15) is 4.79 Å². The van der Waals surface area contributed by atoms with Crippen LogP contribution in [0.25, 0.3) is 0 Å². The van der Waals surface area contributed by atoms with Crippen molar-refractivity contribution in [2.45, 2.75) is 38.3 Å². The molecule has 118 valence electrons. The van der Waals surface area contributed by atoms with Crippen LogP contribution in [0.1, 0.15) is 36.2 Å². The monoisotopic (exact) mass is 294 g/mol. The number of methoxy groups -OCH3 is 1. The van der Waals surface area contributed by atoms with Gasteiger partial charge in [0.15, 0.2) is 11.5 Å². The first-order valence-electron chi connectivity index (χ1n) is 7.57. The summed E-state index contributed by atoms with van der Waals surface area (Å²) in [5.41, 5.74) is 6.53. The van der Waals surface area contributed by atoms with E-state index in [1.807, 2.05) is 14.1 Å². The maximum absolute atomic E-state index is 12.8. The lowest BCUT2D eigenvalue weighted by Gasteiger charge is -2.25. The molecular weight excluding hydrogens is 268 g/mol. The lowest BCUT2D eigenvalue weighted by atomic mass is 9.83. The number of carbonyl (C=O) groups is 1. The Morgan fingerprint density at radius 3 is 2.67 bits per heavy atom. The molecule has 1 saturated carbocycles. The Morgan fingerprint density at radius 2 is 2.10 bits per heavy atom. The lowest BCUT2D eigenvalue weighted by molar-refractivity contribution is 0.0869. The molecule has 0 radical (unpaired) electrons. The van der Waals surface area contributed by atoms with Crippen LogP contribution in [-0.4, -0.2) is 54.3 Å². The van der Waals surface area contributed by atoms with Gasteiger partial charge in [0.25, 0.3) is 0 Å². The van der Waals surface area contributed by atoms with E-state index in [2.05, 4.69) is 10.00 Å². The summed E-state index contributed by atoms with van der Waals surface area (Å²) in [5, 5.41) is 4.31. The zero-order valence-electron chi connectivity index (χ0n) is 13.2. The van der Waals surface area contributed by atoms with Crippen LogP contribution < -0.4 is 10.5 Å². The van der Waals surface area contributed by atoms with Gasteiger partial charge in [-0.25, -0.2) is 0 Å². The van der Waals surface area contributed by atoms with Crippen LogP contribution >= 0.6 is 0 Å². The number of ether oxygens (including phenoxy) is 1. The molecular formula is C15H26N4O2. The van der Waals surface area contributed by atoms with E-state index in [1.165, 1.54) is 0 Å². The summed E-state index contributed by atoms with van der Waals surface area (Å²) in [5.74, 6) is 0.775. The predicted octanol–water partition coefficient (Wildman–Crippen LogP) is 1.15. The molecule has 0 spiro atoms. The molecule has 2 rings (SSSR count). The number of aromatic nitrogens is 2. The summed E-state index contributed by atoms with van der Waals surface area (Å²) in [4.78, 5) is 14.9. The minimum absolute atomic E-state index is 0.0495. The summed E-state index contributed by atoms with van der Waals surface area (Å²) in [6.07, 6.45) is 5.20. The maximum atomic E-state index is 12.8. The van der Waals surface area contributed by atoms with E-state index >= 15 is 0 Å². The molecule has 21 heavy (non-hydrogen) atoms. The summed E-state index contributed by atoms with van der Waals surface area (Å²) in [6, 6.07) is 0.245. The van der Waals surface area contributed by atoms with E-state index in [1.54, 1.807) is 18.0 Å². The lowest BCUT2D eigenvalue weighted by Crippen LogP contribution is -2.31. The highest BCUT2D eigenvalue weighted by Gasteiger charge is 2.30. The molecule has 1 heterocycles. The van der Waals surface area contributed by atoms with Gasteiger partial charge in [-0.1, -0.05) is 0 Å². The van der Waals surface area contributed by atoms with Crippen molar-refractivity contribution in [1.82, 2.24) is 14.7 Å². The van der Waals surface area contributed by atoms with Gasteiger partial charge in [0, 0.05) is 18.5 Å². The smallest absolute Gasteiger partial charge is 0.187 e. The van der Waals surface area contributed by atoms with Crippen LogP contribution in [0.15, 0.2) is 6.20 Å². The predicted molar refractivity (Wildman–Crippen MR) is 81.6 cm³/mol. The first-order chi connectivity index (χ1) is 10.0. The van der Waals surface area contributed by atoms with Crippen molar-refractivity contribution in [2.75, 3.05) is 27.7 Å². The molecule has 0 atom stereocenters. The fourth-order valence-electron chi connectivity index (χ4n) is 2.81. The molecule has 6 nitrogen and oxygen atoms in total. The van der Waals surface area contributed by atoms with Crippen molar-refractivity contribution < 1.29 is 9.53 Å². The second kappa shape index (κ2) is 7.04. The van der Waals surface area contributed by atoms with Crippen molar-refractivity contribution in [1.29, 1.82) is 0 Å². The van der Waals surface area contributed by atoms with Crippen LogP contribution in [0.3, 0.4) is 0 Å². The molecule has 2 N–H and O–H groups in total. The van der Waals surface area contributed by atoms with E-state index in [-0.39, 0.29) is 17.7 Å². The number of nitrogens with zero attached hydrogens (tertiary/aromatic N) is 3. The second-order valence-electron chi connectivity index (χ2n) is 6.06. The summed E-state index contributed by atoms with van der Waals surface area (Å²) in [7, 11) is 5.59. The molecule has 1 aliphatic carbocycles. The second-order valence-corrected chi connectivity index (χ2v) is 6.06. The largest absolute Gasteiger partial charge is 0.493 e. The molecule has 0 saturated heterocycles. The topological polar surface area (TPSA) is 73.4 Å². The summed E-state index contributed by atoms with van der Waals surface area (Å²) in [6.45, 7) is 1.52. The number of Topliss-reactive ketones (excluding diaryl/α,β-unsaturated/α-hetero) is 1. The number of ketones is 1. The third-order valence-electron chi connectivity index (χ3n) is 4.16. The fourth-order valence-corrected chi connectivity index (χ4v) is 2.81. The van der Waals surface area contributed by atoms with Gasteiger partial charge in [0.1, 0.15) is 5.69 Å². The Balaban J connectivity index is 2.16. The van der Waals surface area contributed by atoms with Gasteiger partial charge in [-0.3, -0.25) is 9.48 Å². The maximum Gasteiger partial charge on any atom is 0.187 e. The van der Waals surface area contributed by atoms with E-state index in [4.69, 9.17) is 10.5 Å². The molecule has 0 unspecified atom stereocenters. The molecule has 6 heteroatoms. The molecule has 1 aromatic rings. The Kier molecular flexibility index (Phi) is 5.36. The van der Waals surface area contributed by atoms with Crippen LogP contribution in [0.4, 0.5) is 0 Å². The third-order valence-corrected chi connectivity index (χ3v) is 4.16. The number of likely N-dealkylation sites (N-methyl/N-ethyl adjacent to an activating group) is 1. The molecule has 1 aromatic heterocycles. The number of carbonyl (C=O) groups excluding carboxylic acids is 1. The van der Waals surface area contributed by atoms with Gasteiger partial charge in [0.05, 0.1) is 19.9 Å². The highest BCUT2D eigenvalue weighted by Crippen LogP contribution is 2.29. The van der Waals surface area contributed by atoms with Crippen molar-refractivity contribution >= 4 is 5.78 Å². The van der Waals surface area contributed by atoms with Gasteiger partial charge < -0.3 is 15.4 Å². The Hall–Kier alpha value is -1.40. The summed E-state index contributed by atoms with van der Waals surface area (Å²) < 4.78 is 7.10. The zero-order valence-corrected chi connectivity index (χ0v) is 13.2. The fraction of sp³-hybridized carbons (Fsp3) is 0.733. The van der Waals surface area contributed by atoms with Crippen molar-refractivity contribution in [3.8, 4) is 5.75 Å². The van der Waals surface area contributed by atoms with E-state index < -0.39 is 0 Å². The average Bonchev–Trinajstić information content (AvgIpc) is 2.88. The summed E-state index contributed by atoms with van der Waals surface area (Å²) >= 11 is 0. The van der Waals surface area contributed by atoms with Gasteiger partial charge in [0.2, 0.25) is 0 Å². The zero-order chi connectivity index (χ0) is 15.4. The third kappa shape index (κ3) is 3.83. The SMILES string of the molecule is COc1cnn(CCN(C)C)c1C(=O)C1CCC(N)CC1. The quantitative estimate of drug-likeness (QED) is 0.797. The van der Waals surface area contributed by atoms with Gasteiger partial charge >= 0.3 is 0 Å². The normalized spacial score (nSPS) is 22.5. The highest BCUT2D eigenvalue weighted by atomic mass is 16.5. The van der Waals surface area contributed by atoms with Crippen LogP contribution in [0.2, 0.25) is 0 Å².